The number of likely N-dealkylation sites (N-methyl/N-ethyl adjacent to an activating group) is 1. The molecule has 122 valence electrons. The van der Waals surface area contributed by atoms with Crippen LogP contribution in [0.1, 0.15) is 11.1 Å². The fourth-order valence-corrected chi connectivity index (χ4v) is 2.51. The highest BCUT2D eigenvalue weighted by Gasteiger charge is 2.09. The molecule has 0 saturated heterocycles. The minimum absolute atomic E-state index is 0.0826. The van der Waals surface area contributed by atoms with Crippen molar-refractivity contribution in [2.45, 2.75) is 13.5 Å². The van der Waals surface area contributed by atoms with E-state index in [-0.39, 0.29) is 5.91 Å². The molecule has 0 spiro atoms. The van der Waals surface area contributed by atoms with Crippen LogP contribution >= 0.6 is 11.6 Å². The summed E-state index contributed by atoms with van der Waals surface area (Å²) in [5.41, 5.74) is 3.06. The molecule has 0 unspecified atom stereocenters. The molecule has 0 aliphatic carbocycles. The van der Waals surface area contributed by atoms with Gasteiger partial charge in [0.1, 0.15) is 5.75 Å². The molecule has 2 aromatic rings. The van der Waals surface area contributed by atoms with E-state index < -0.39 is 0 Å². The normalized spacial score (nSPS) is 10.7. The molecule has 5 heteroatoms. The fourth-order valence-electron chi connectivity index (χ4n) is 2.25. The second kappa shape index (κ2) is 7.99. The van der Waals surface area contributed by atoms with Crippen LogP contribution in [0, 0.1) is 6.92 Å². The number of nitrogens with zero attached hydrogens (tertiary/aromatic N) is 1. The molecule has 2 rings (SSSR count). The standard InChI is InChI=1S/C18H21ClN2O2/c1-13-4-6-14(7-5-13)11-21(2)12-18(22)20-15-8-9-17(23-3)16(19)10-15/h4-10H,11-12H2,1-3H3,(H,20,22). The summed E-state index contributed by atoms with van der Waals surface area (Å²) in [6, 6.07) is 13.5. The number of carbonyl (C=O) groups excluding carboxylic acids is 1. The summed E-state index contributed by atoms with van der Waals surface area (Å²) in [7, 11) is 3.47. The second-order valence-corrected chi connectivity index (χ2v) is 5.96. The van der Waals surface area contributed by atoms with Gasteiger partial charge in [-0.2, -0.15) is 0 Å². The summed E-state index contributed by atoms with van der Waals surface area (Å²) in [5, 5.41) is 3.31. The van der Waals surface area contributed by atoms with Gasteiger partial charge in [0, 0.05) is 12.2 Å². The van der Waals surface area contributed by atoms with E-state index in [2.05, 4.69) is 36.5 Å². The Morgan fingerprint density at radius 2 is 1.91 bits per heavy atom. The molecular formula is C18H21ClN2O2. The Morgan fingerprint density at radius 1 is 1.22 bits per heavy atom. The molecule has 1 amide bonds. The lowest BCUT2D eigenvalue weighted by Gasteiger charge is -2.16. The van der Waals surface area contributed by atoms with Crippen LogP contribution in [0.2, 0.25) is 5.02 Å². The minimum Gasteiger partial charge on any atom is -0.495 e. The topological polar surface area (TPSA) is 41.6 Å². The van der Waals surface area contributed by atoms with E-state index >= 15 is 0 Å². The zero-order valence-corrected chi connectivity index (χ0v) is 14.4. The third-order valence-corrected chi connectivity index (χ3v) is 3.72. The number of nitrogens with one attached hydrogen (secondary N) is 1. The number of halogens is 1. The molecule has 0 aliphatic heterocycles. The molecule has 0 heterocycles. The number of anilines is 1. The molecule has 0 fully saturated rings. The van der Waals surface area contributed by atoms with Crippen LogP contribution in [0.25, 0.3) is 0 Å². The molecule has 0 bridgehead atoms. The van der Waals surface area contributed by atoms with E-state index in [1.54, 1.807) is 25.3 Å². The van der Waals surface area contributed by atoms with E-state index in [9.17, 15) is 4.79 Å². The van der Waals surface area contributed by atoms with Crippen molar-refractivity contribution in [2.75, 3.05) is 26.0 Å². The van der Waals surface area contributed by atoms with Gasteiger partial charge in [-0.1, -0.05) is 41.4 Å². The number of hydrogen-bond donors (Lipinski definition) is 1. The maximum atomic E-state index is 12.1. The van der Waals surface area contributed by atoms with E-state index in [0.717, 1.165) is 6.54 Å². The Morgan fingerprint density at radius 3 is 2.52 bits per heavy atom. The summed E-state index contributed by atoms with van der Waals surface area (Å²) in [6.45, 7) is 3.08. The van der Waals surface area contributed by atoms with Gasteiger partial charge in [0.05, 0.1) is 18.7 Å². The Labute approximate surface area is 142 Å². The third-order valence-electron chi connectivity index (χ3n) is 3.42. The van der Waals surface area contributed by atoms with Crippen molar-refractivity contribution >= 4 is 23.2 Å². The van der Waals surface area contributed by atoms with Gasteiger partial charge in [0.15, 0.2) is 0 Å². The number of rotatable bonds is 6. The van der Waals surface area contributed by atoms with Gasteiger partial charge < -0.3 is 10.1 Å². The second-order valence-electron chi connectivity index (χ2n) is 5.56. The molecule has 0 aromatic heterocycles. The van der Waals surface area contributed by atoms with Crippen molar-refractivity contribution in [3.05, 3.63) is 58.6 Å². The number of carbonyl (C=O) groups is 1. The first-order chi connectivity index (χ1) is 11.0. The summed E-state index contributed by atoms with van der Waals surface area (Å²) in [5.74, 6) is 0.502. The molecule has 0 aliphatic rings. The molecule has 1 N–H and O–H groups in total. The third kappa shape index (κ3) is 5.27. The lowest BCUT2D eigenvalue weighted by molar-refractivity contribution is -0.117. The predicted molar refractivity (Wildman–Crippen MR) is 94.1 cm³/mol. The van der Waals surface area contributed by atoms with Crippen molar-refractivity contribution < 1.29 is 9.53 Å². The van der Waals surface area contributed by atoms with Crippen molar-refractivity contribution in [1.82, 2.24) is 4.90 Å². The zero-order chi connectivity index (χ0) is 16.8. The van der Waals surface area contributed by atoms with Gasteiger partial charge in [-0.05, 0) is 37.7 Å². The Bertz CT molecular complexity index is 671. The lowest BCUT2D eigenvalue weighted by Crippen LogP contribution is -2.29. The number of aryl methyl sites for hydroxylation is 1. The number of benzene rings is 2. The van der Waals surface area contributed by atoms with E-state index in [4.69, 9.17) is 16.3 Å². The minimum atomic E-state index is -0.0826. The van der Waals surface area contributed by atoms with Gasteiger partial charge in [0.25, 0.3) is 0 Å². The summed E-state index contributed by atoms with van der Waals surface area (Å²) in [6.07, 6.45) is 0. The monoisotopic (exact) mass is 332 g/mol. The van der Waals surface area contributed by atoms with Crippen LogP contribution in [0.15, 0.2) is 42.5 Å². The number of methoxy groups -OCH3 is 1. The summed E-state index contributed by atoms with van der Waals surface area (Å²) < 4.78 is 5.09. The first-order valence-corrected chi connectivity index (χ1v) is 7.73. The molecule has 0 atom stereocenters. The highest BCUT2D eigenvalue weighted by molar-refractivity contribution is 6.32. The van der Waals surface area contributed by atoms with E-state index in [1.165, 1.54) is 11.1 Å². The van der Waals surface area contributed by atoms with Crippen molar-refractivity contribution in [1.29, 1.82) is 0 Å². The summed E-state index contributed by atoms with van der Waals surface area (Å²) in [4.78, 5) is 14.1. The average molecular weight is 333 g/mol. The highest BCUT2D eigenvalue weighted by Crippen LogP contribution is 2.27. The van der Waals surface area contributed by atoms with Gasteiger partial charge in [0.2, 0.25) is 5.91 Å². The van der Waals surface area contributed by atoms with Gasteiger partial charge in [-0.3, -0.25) is 9.69 Å². The molecule has 0 saturated carbocycles. The van der Waals surface area contributed by atoms with Crippen LogP contribution in [0.4, 0.5) is 5.69 Å². The number of ether oxygens (including phenoxy) is 1. The highest BCUT2D eigenvalue weighted by atomic mass is 35.5. The maximum Gasteiger partial charge on any atom is 0.238 e. The molecular weight excluding hydrogens is 312 g/mol. The van der Waals surface area contributed by atoms with Crippen molar-refractivity contribution in [2.24, 2.45) is 0 Å². The average Bonchev–Trinajstić information content (AvgIpc) is 2.49. The Balaban J connectivity index is 1.88. The Hall–Kier alpha value is -2.04. The first-order valence-electron chi connectivity index (χ1n) is 7.35. The van der Waals surface area contributed by atoms with Crippen LogP contribution in [0.5, 0.6) is 5.75 Å². The van der Waals surface area contributed by atoms with Crippen molar-refractivity contribution in [3.63, 3.8) is 0 Å². The number of amides is 1. The summed E-state index contributed by atoms with van der Waals surface area (Å²) >= 11 is 6.05. The van der Waals surface area contributed by atoms with Gasteiger partial charge in [-0.15, -0.1) is 0 Å². The van der Waals surface area contributed by atoms with Crippen molar-refractivity contribution in [3.8, 4) is 5.75 Å². The molecule has 23 heavy (non-hydrogen) atoms. The predicted octanol–water partition coefficient (Wildman–Crippen LogP) is 3.73. The van der Waals surface area contributed by atoms with Gasteiger partial charge in [-0.25, -0.2) is 0 Å². The fraction of sp³-hybridized carbons (Fsp3) is 0.278. The first kappa shape index (κ1) is 17.3. The quantitative estimate of drug-likeness (QED) is 0.876. The van der Waals surface area contributed by atoms with Crippen LogP contribution in [-0.4, -0.2) is 31.5 Å². The Kier molecular flexibility index (Phi) is 6.02. The van der Waals surface area contributed by atoms with Gasteiger partial charge >= 0.3 is 0 Å². The lowest BCUT2D eigenvalue weighted by atomic mass is 10.1. The largest absolute Gasteiger partial charge is 0.495 e. The van der Waals surface area contributed by atoms with Crippen LogP contribution < -0.4 is 10.1 Å². The van der Waals surface area contributed by atoms with Crippen LogP contribution in [-0.2, 0) is 11.3 Å². The SMILES string of the molecule is COc1ccc(NC(=O)CN(C)Cc2ccc(C)cc2)cc1Cl. The molecule has 2 aromatic carbocycles. The molecule has 4 nitrogen and oxygen atoms in total. The van der Waals surface area contributed by atoms with E-state index in [1.807, 2.05) is 11.9 Å². The maximum absolute atomic E-state index is 12.1. The molecule has 0 radical (unpaired) electrons. The van der Waals surface area contributed by atoms with Crippen LogP contribution in [0.3, 0.4) is 0 Å². The zero-order valence-electron chi connectivity index (χ0n) is 13.6. The van der Waals surface area contributed by atoms with E-state index in [0.29, 0.717) is 23.0 Å². The smallest absolute Gasteiger partial charge is 0.238 e. The number of hydrogen-bond acceptors (Lipinski definition) is 3.